The van der Waals surface area contributed by atoms with E-state index in [0.29, 0.717) is 22.1 Å². The van der Waals surface area contributed by atoms with Gasteiger partial charge in [0.25, 0.3) is 10.0 Å². The molecular weight excluding hydrogens is 350 g/mol. The van der Waals surface area contributed by atoms with Crippen molar-refractivity contribution < 1.29 is 22.6 Å². The molecule has 3 aromatic rings. The quantitative estimate of drug-likeness (QED) is 0.697. The second-order valence-electron chi connectivity index (χ2n) is 5.03. The van der Waals surface area contributed by atoms with Crippen molar-refractivity contribution >= 4 is 21.4 Å². The first-order valence-corrected chi connectivity index (χ1v) is 9.44. The molecule has 0 unspecified atom stereocenters. The van der Waals surface area contributed by atoms with E-state index in [2.05, 4.69) is 0 Å². The molecule has 0 aliphatic carbocycles. The Balaban J connectivity index is 1.56. The van der Waals surface area contributed by atoms with E-state index in [1.807, 2.05) is 0 Å². The summed E-state index contributed by atoms with van der Waals surface area (Å²) in [7, 11) is -3.59. The number of hydrogen-bond acceptors (Lipinski definition) is 6. The fraction of sp³-hybridized carbons (Fsp3) is 0.125. The largest absolute Gasteiger partial charge is 0.488 e. The first-order chi connectivity index (χ1) is 11.6. The van der Waals surface area contributed by atoms with Crippen LogP contribution in [0, 0.1) is 0 Å². The molecule has 1 aliphatic rings. The Morgan fingerprint density at radius 1 is 1.12 bits per heavy atom. The van der Waals surface area contributed by atoms with Gasteiger partial charge in [-0.25, -0.2) is 12.4 Å². The number of fused-ring (bicyclic) bond motifs is 1. The summed E-state index contributed by atoms with van der Waals surface area (Å²) in [6, 6.07) is 10.2. The summed E-state index contributed by atoms with van der Waals surface area (Å²) in [4.78, 5) is 0.894. The molecule has 2 aromatic heterocycles. The fourth-order valence-corrected chi connectivity index (χ4v) is 4.87. The maximum absolute atomic E-state index is 12.6. The molecular formula is C16H13NO5S2. The van der Waals surface area contributed by atoms with Crippen molar-refractivity contribution in [1.29, 1.82) is 0 Å². The Morgan fingerprint density at radius 2 is 1.92 bits per heavy atom. The highest BCUT2D eigenvalue weighted by Gasteiger charge is 2.22. The number of hydrogen-bond donors (Lipinski definition) is 0. The predicted octanol–water partition coefficient (Wildman–Crippen LogP) is 3.09. The summed E-state index contributed by atoms with van der Waals surface area (Å²) in [5.74, 6) is 1.89. The molecule has 6 nitrogen and oxygen atoms in total. The minimum absolute atomic E-state index is 0.160. The normalized spacial score (nSPS) is 13.2. The van der Waals surface area contributed by atoms with Crippen LogP contribution >= 0.6 is 11.3 Å². The van der Waals surface area contributed by atoms with Gasteiger partial charge in [0.15, 0.2) is 11.5 Å². The molecule has 4 rings (SSSR count). The summed E-state index contributed by atoms with van der Waals surface area (Å²) < 4.78 is 42.7. The Bertz CT molecular complexity index is 960. The second-order valence-corrected chi connectivity index (χ2v) is 7.84. The minimum atomic E-state index is -3.59. The van der Waals surface area contributed by atoms with Crippen LogP contribution in [-0.4, -0.2) is 19.2 Å². The van der Waals surface area contributed by atoms with E-state index in [9.17, 15) is 8.42 Å². The standard InChI is InChI=1S/C16H13NO5S2/c18-24(19,17-6-1-2-7-17)16-5-8-23-15(16)10-20-12-3-4-13-14(9-12)22-11-21-13/h1-9H,10-11H2. The van der Waals surface area contributed by atoms with Crippen LogP contribution in [0.5, 0.6) is 17.2 Å². The van der Waals surface area contributed by atoms with Gasteiger partial charge in [-0.15, -0.1) is 11.3 Å². The maximum Gasteiger partial charge on any atom is 0.268 e. The number of aromatic nitrogens is 1. The van der Waals surface area contributed by atoms with Crippen LogP contribution in [-0.2, 0) is 16.6 Å². The summed E-state index contributed by atoms with van der Waals surface area (Å²) >= 11 is 1.34. The zero-order valence-corrected chi connectivity index (χ0v) is 14.0. The first kappa shape index (κ1) is 15.1. The van der Waals surface area contributed by atoms with Crippen LogP contribution in [0.25, 0.3) is 0 Å². The second kappa shape index (κ2) is 5.88. The smallest absolute Gasteiger partial charge is 0.268 e. The zero-order chi connectivity index (χ0) is 16.6. The van der Waals surface area contributed by atoms with Crippen molar-refractivity contribution in [3.8, 4) is 17.2 Å². The van der Waals surface area contributed by atoms with Crippen LogP contribution in [0.15, 0.2) is 59.1 Å². The first-order valence-electron chi connectivity index (χ1n) is 7.12. The molecule has 0 N–H and O–H groups in total. The topological polar surface area (TPSA) is 66.8 Å². The average Bonchev–Trinajstić information content (AvgIpc) is 3.33. The van der Waals surface area contributed by atoms with Crippen molar-refractivity contribution in [2.75, 3.05) is 6.79 Å². The summed E-state index contributed by atoms with van der Waals surface area (Å²) in [5.41, 5.74) is 0. The molecule has 24 heavy (non-hydrogen) atoms. The van der Waals surface area contributed by atoms with E-state index in [1.54, 1.807) is 41.8 Å². The highest BCUT2D eigenvalue weighted by atomic mass is 32.2. The fourth-order valence-electron chi connectivity index (χ4n) is 2.37. The third kappa shape index (κ3) is 2.63. The zero-order valence-electron chi connectivity index (χ0n) is 12.4. The van der Waals surface area contributed by atoms with E-state index in [-0.39, 0.29) is 18.3 Å². The van der Waals surface area contributed by atoms with Crippen LogP contribution in [0.3, 0.4) is 0 Å². The van der Waals surface area contributed by atoms with Gasteiger partial charge in [0.1, 0.15) is 17.3 Å². The van der Waals surface area contributed by atoms with E-state index in [4.69, 9.17) is 14.2 Å². The lowest BCUT2D eigenvalue weighted by molar-refractivity contribution is 0.173. The van der Waals surface area contributed by atoms with Gasteiger partial charge in [-0.2, -0.15) is 0 Å². The van der Waals surface area contributed by atoms with Gasteiger partial charge in [-0.1, -0.05) is 0 Å². The Hall–Kier alpha value is -2.45. The SMILES string of the molecule is O=S(=O)(c1ccsc1COc1ccc2c(c1)OCO2)n1cccc1. The van der Waals surface area contributed by atoms with E-state index in [0.717, 1.165) is 0 Å². The molecule has 0 spiro atoms. The Morgan fingerprint density at radius 3 is 2.75 bits per heavy atom. The van der Waals surface area contributed by atoms with Crippen LogP contribution in [0.1, 0.15) is 4.88 Å². The highest BCUT2D eigenvalue weighted by Crippen LogP contribution is 2.35. The van der Waals surface area contributed by atoms with Gasteiger partial charge >= 0.3 is 0 Å². The lowest BCUT2D eigenvalue weighted by Crippen LogP contribution is -2.12. The van der Waals surface area contributed by atoms with Crippen molar-refractivity contribution in [2.45, 2.75) is 11.5 Å². The molecule has 0 saturated carbocycles. The molecule has 0 amide bonds. The highest BCUT2D eigenvalue weighted by molar-refractivity contribution is 7.90. The molecule has 0 fully saturated rings. The molecule has 3 heterocycles. The van der Waals surface area contributed by atoms with Crippen molar-refractivity contribution in [1.82, 2.24) is 3.97 Å². The van der Waals surface area contributed by atoms with Gasteiger partial charge < -0.3 is 14.2 Å². The van der Waals surface area contributed by atoms with Gasteiger partial charge in [0.2, 0.25) is 6.79 Å². The monoisotopic (exact) mass is 363 g/mol. The van der Waals surface area contributed by atoms with Crippen LogP contribution in [0.2, 0.25) is 0 Å². The van der Waals surface area contributed by atoms with Gasteiger partial charge in [0, 0.05) is 18.5 Å². The van der Waals surface area contributed by atoms with E-state index < -0.39 is 10.0 Å². The molecule has 1 aromatic carbocycles. The van der Waals surface area contributed by atoms with E-state index >= 15 is 0 Å². The maximum atomic E-state index is 12.6. The number of thiophene rings is 1. The summed E-state index contributed by atoms with van der Waals surface area (Å²) in [6.45, 7) is 0.357. The molecule has 124 valence electrons. The third-order valence-corrected chi connectivity index (χ3v) is 6.31. The molecule has 0 bridgehead atoms. The van der Waals surface area contributed by atoms with Gasteiger partial charge in [-0.3, -0.25) is 0 Å². The third-order valence-electron chi connectivity index (χ3n) is 3.55. The number of rotatable bonds is 5. The Kier molecular flexibility index (Phi) is 3.70. The lowest BCUT2D eigenvalue weighted by atomic mass is 10.3. The molecule has 0 atom stereocenters. The van der Waals surface area contributed by atoms with Gasteiger partial charge in [0.05, 0.1) is 4.88 Å². The number of benzene rings is 1. The number of nitrogens with zero attached hydrogens (tertiary/aromatic N) is 1. The molecule has 1 aliphatic heterocycles. The van der Waals surface area contributed by atoms with Gasteiger partial charge in [-0.05, 0) is 35.7 Å². The van der Waals surface area contributed by atoms with Crippen molar-refractivity contribution in [3.05, 3.63) is 59.0 Å². The predicted molar refractivity (Wildman–Crippen MR) is 88.2 cm³/mol. The number of ether oxygens (including phenoxy) is 3. The minimum Gasteiger partial charge on any atom is -0.488 e. The van der Waals surface area contributed by atoms with Crippen molar-refractivity contribution in [2.24, 2.45) is 0 Å². The molecule has 0 saturated heterocycles. The molecule has 8 heteroatoms. The Labute approximate surface area is 142 Å². The van der Waals surface area contributed by atoms with E-state index in [1.165, 1.54) is 27.7 Å². The average molecular weight is 363 g/mol. The lowest BCUT2D eigenvalue weighted by Gasteiger charge is -2.09. The summed E-state index contributed by atoms with van der Waals surface area (Å²) in [6.07, 6.45) is 3.02. The van der Waals surface area contributed by atoms with Crippen molar-refractivity contribution in [3.63, 3.8) is 0 Å². The molecule has 0 radical (unpaired) electrons. The summed E-state index contributed by atoms with van der Waals surface area (Å²) in [5, 5.41) is 1.74. The van der Waals surface area contributed by atoms with Crippen LogP contribution < -0.4 is 14.2 Å². The van der Waals surface area contributed by atoms with Crippen LogP contribution in [0.4, 0.5) is 0 Å².